The molecule has 0 saturated heterocycles. The van der Waals surface area contributed by atoms with E-state index in [-0.39, 0.29) is 4.90 Å². The molecular weight excluding hydrogens is 288 g/mol. The van der Waals surface area contributed by atoms with E-state index in [1.807, 2.05) is 13.2 Å². The van der Waals surface area contributed by atoms with E-state index in [9.17, 15) is 8.42 Å². The maximum absolute atomic E-state index is 11.6. The maximum atomic E-state index is 11.6. The first kappa shape index (κ1) is 15.7. The molecule has 21 heavy (non-hydrogen) atoms. The topological polar surface area (TPSA) is 79.0 Å². The minimum Gasteiger partial charge on any atom is -0.302 e. The summed E-state index contributed by atoms with van der Waals surface area (Å²) in [5, 5.41) is 7.08. The number of rotatable bonds is 6. The summed E-state index contributed by atoms with van der Waals surface area (Å²) in [4.78, 5) is 6.42. The zero-order chi connectivity index (χ0) is 15.5. The minimum absolute atomic E-state index is 0.205. The van der Waals surface area contributed by atoms with Crippen molar-refractivity contribution in [3.05, 3.63) is 30.2 Å². The Kier molecular flexibility index (Phi) is 4.74. The molecule has 0 amide bonds. The Hall–Kier alpha value is -1.73. The van der Waals surface area contributed by atoms with E-state index in [2.05, 4.69) is 27.0 Å². The monoisotopic (exact) mass is 308 g/mol. The van der Waals surface area contributed by atoms with Gasteiger partial charge in [-0.25, -0.2) is 8.42 Å². The van der Waals surface area contributed by atoms with Crippen LogP contribution in [0.15, 0.2) is 29.6 Å². The van der Waals surface area contributed by atoms with Crippen LogP contribution in [0.1, 0.15) is 18.9 Å². The van der Waals surface area contributed by atoms with Gasteiger partial charge < -0.3 is 4.90 Å². The number of aromatic amines is 1. The number of nitrogens with zero attached hydrogens (tertiary/aromatic N) is 3. The molecule has 0 aliphatic rings. The average Bonchev–Trinajstić information content (AvgIpc) is 2.86. The number of aromatic nitrogens is 3. The van der Waals surface area contributed by atoms with Crippen molar-refractivity contribution >= 4 is 9.84 Å². The van der Waals surface area contributed by atoms with Gasteiger partial charge in [0.05, 0.1) is 10.6 Å². The molecule has 2 aromatic heterocycles. The lowest BCUT2D eigenvalue weighted by Crippen LogP contribution is -2.18. The molecule has 2 heterocycles. The Labute approximate surface area is 125 Å². The molecule has 7 heteroatoms. The van der Waals surface area contributed by atoms with E-state index in [1.54, 1.807) is 12.3 Å². The van der Waals surface area contributed by atoms with Crippen molar-refractivity contribution in [2.45, 2.75) is 24.8 Å². The first-order chi connectivity index (χ1) is 9.91. The zero-order valence-electron chi connectivity index (χ0n) is 12.5. The summed E-state index contributed by atoms with van der Waals surface area (Å²) in [6.45, 7) is 3.88. The Bertz CT molecular complexity index is 709. The van der Waals surface area contributed by atoms with Gasteiger partial charge in [0, 0.05) is 42.5 Å². The molecule has 0 aromatic carbocycles. The summed E-state index contributed by atoms with van der Waals surface area (Å²) in [6.07, 6.45) is 7.08. The first-order valence-electron chi connectivity index (χ1n) is 6.78. The van der Waals surface area contributed by atoms with Gasteiger partial charge in [-0.2, -0.15) is 5.10 Å². The third-order valence-corrected chi connectivity index (χ3v) is 4.26. The molecule has 1 N–H and O–H groups in total. The quantitative estimate of drug-likeness (QED) is 0.879. The second-order valence-corrected chi connectivity index (χ2v) is 7.19. The molecule has 0 fully saturated rings. The van der Waals surface area contributed by atoms with Crippen molar-refractivity contribution < 1.29 is 8.42 Å². The Morgan fingerprint density at radius 3 is 2.76 bits per heavy atom. The van der Waals surface area contributed by atoms with Gasteiger partial charge in [-0.05, 0) is 26.1 Å². The Morgan fingerprint density at radius 2 is 2.10 bits per heavy atom. The van der Waals surface area contributed by atoms with Gasteiger partial charge in [-0.15, -0.1) is 0 Å². The van der Waals surface area contributed by atoms with Crippen LogP contribution in [0.5, 0.6) is 0 Å². The molecule has 114 valence electrons. The lowest BCUT2D eigenvalue weighted by Gasteiger charge is -2.15. The number of hydrogen-bond acceptors (Lipinski definition) is 5. The lowest BCUT2D eigenvalue weighted by atomic mass is 10.1. The van der Waals surface area contributed by atoms with Crippen molar-refractivity contribution in [3.8, 4) is 11.3 Å². The standard InChI is InChI=1S/C14H20N4O2S/c1-4-5-18(2)10-12-8-16-17-14(12)11-6-13(9-15-7-11)21(3,19)20/h6-9H,4-5,10H2,1-3H3,(H,16,17). The second-order valence-electron chi connectivity index (χ2n) is 5.18. The third kappa shape index (κ3) is 3.89. The molecule has 2 rings (SSSR count). The molecular formula is C14H20N4O2S. The molecule has 0 aliphatic heterocycles. The SMILES string of the molecule is CCCN(C)Cc1c[nH]nc1-c1cncc(S(C)(=O)=O)c1. The largest absolute Gasteiger partial charge is 0.302 e. The summed E-state index contributed by atoms with van der Waals surface area (Å²) >= 11 is 0. The highest BCUT2D eigenvalue weighted by molar-refractivity contribution is 7.90. The third-order valence-electron chi connectivity index (χ3n) is 3.18. The van der Waals surface area contributed by atoms with Crippen molar-refractivity contribution in [2.75, 3.05) is 19.8 Å². The number of pyridine rings is 1. The number of H-pyrrole nitrogens is 1. The van der Waals surface area contributed by atoms with Crippen LogP contribution < -0.4 is 0 Å². The second kappa shape index (κ2) is 6.36. The van der Waals surface area contributed by atoms with Gasteiger partial charge in [0.25, 0.3) is 0 Å². The minimum atomic E-state index is -3.27. The predicted octanol–water partition coefficient (Wildman–Crippen LogP) is 1.72. The van der Waals surface area contributed by atoms with Crippen LogP contribution in [-0.2, 0) is 16.4 Å². The molecule has 0 saturated carbocycles. The summed E-state index contributed by atoms with van der Waals surface area (Å²) < 4.78 is 23.3. The van der Waals surface area contributed by atoms with Crippen LogP contribution >= 0.6 is 0 Å². The summed E-state index contributed by atoms with van der Waals surface area (Å²) in [6, 6.07) is 1.61. The lowest BCUT2D eigenvalue weighted by molar-refractivity contribution is 0.328. The average molecular weight is 308 g/mol. The summed E-state index contributed by atoms with van der Waals surface area (Å²) in [5.41, 5.74) is 2.48. The molecule has 0 radical (unpaired) electrons. The van der Waals surface area contributed by atoms with Crippen LogP contribution in [0.3, 0.4) is 0 Å². The van der Waals surface area contributed by atoms with Crippen LogP contribution in [0.25, 0.3) is 11.3 Å². The van der Waals surface area contributed by atoms with E-state index in [4.69, 9.17) is 0 Å². The van der Waals surface area contributed by atoms with Gasteiger partial charge in [0.2, 0.25) is 0 Å². The van der Waals surface area contributed by atoms with E-state index in [0.717, 1.165) is 30.8 Å². The summed E-state index contributed by atoms with van der Waals surface area (Å²) in [5.74, 6) is 0. The van der Waals surface area contributed by atoms with E-state index < -0.39 is 9.84 Å². The molecule has 0 aliphatic carbocycles. The van der Waals surface area contributed by atoms with Crippen molar-refractivity contribution in [1.29, 1.82) is 0 Å². The van der Waals surface area contributed by atoms with Crippen LogP contribution in [-0.4, -0.2) is 48.3 Å². The smallest absolute Gasteiger partial charge is 0.177 e. The van der Waals surface area contributed by atoms with E-state index >= 15 is 0 Å². The van der Waals surface area contributed by atoms with Crippen molar-refractivity contribution in [3.63, 3.8) is 0 Å². The zero-order valence-corrected chi connectivity index (χ0v) is 13.3. The Morgan fingerprint density at radius 1 is 1.33 bits per heavy atom. The first-order valence-corrected chi connectivity index (χ1v) is 8.67. The van der Waals surface area contributed by atoms with Gasteiger partial charge in [-0.1, -0.05) is 6.92 Å². The number of hydrogen-bond donors (Lipinski definition) is 1. The maximum Gasteiger partial charge on any atom is 0.177 e. The van der Waals surface area contributed by atoms with E-state index in [1.165, 1.54) is 12.5 Å². The normalized spacial score (nSPS) is 12.0. The Balaban J connectivity index is 2.33. The fourth-order valence-electron chi connectivity index (χ4n) is 2.19. The van der Waals surface area contributed by atoms with Gasteiger partial charge in [-0.3, -0.25) is 10.1 Å². The fourth-order valence-corrected chi connectivity index (χ4v) is 2.78. The molecule has 0 bridgehead atoms. The van der Waals surface area contributed by atoms with Gasteiger partial charge in [0.15, 0.2) is 9.84 Å². The van der Waals surface area contributed by atoms with Gasteiger partial charge in [0.1, 0.15) is 0 Å². The molecule has 2 aromatic rings. The number of nitrogens with one attached hydrogen (secondary N) is 1. The van der Waals surface area contributed by atoms with Crippen LogP contribution in [0.4, 0.5) is 0 Å². The fraction of sp³-hybridized carbons (Fsp3) is 0.429. The molecule has 0 unspecified atom stereocenters. The van der Waals surface area contributed by atoms with Crippen LogP contribution in [0, 0.1) is 0 Å². The highest BCUT2D eigenvalue weighted by Gasteiger charge is 2.14. The number of sulfone groups is 1. The molecule has 6 nitrogen and oxygen atoms in total. The van der Waals surface area contributed by atoms with Crippen molar-refractivity contribution in [2.24, 2.45) is 0 Å². The molecule has 0 spiro atoms. The summed E-state index contributed by atoms with van der Waals surface area (Å²) in [7, 11) is -1.22. The van der Waals surface area contributed by atoms with Crippen LogP contribution in [0.2, 0.25) is 0 Å². The van der Waals surface area contributed by atoms with Crippen molar-refractivity contribution in [1.82, 2.24) is 20.1 Å². The predicted molar refractivity (Wildman–Crippen MR) is 81.6 cm³/mol. The highest BCUT2D eigenvalue weighted by Crippen LogP contribution is 2.23. The highest BCUT2D eigenvalue weighted by atomic mass is 32.2. The van der Waals surface area contributed by atoms with Gasteiger partial charge >= 0.3 is 0 Å². The van der Waals surface area contributed by atoms with E-state index in [0.29, 0.717) is 5.56 Å². The molecule has 0 atom stereocenters.